The van der Waals surface area contributed by atoms with E-state index < -0.39 is 15.1 Å². The van der Waals surface area contributed by atoms with E-state index >= 15 is 0 Å². The van der Waals surface area contributed by atoms with E-state index in [4.69, 9.17) is 0 Å². The van der Waals surface area contributed by atoms with Gasteiger partial charge in [-0.15, -0.1) is 0 Å². The van der Waals surface area contributed by atoms with Gasteiger partial charge < -0.3 is 4.90 Å². The van der Waals surface area contributed by atoms with Gasteiger partial charge in [-0.3, -0.25) is 0 Å². The lowest BCUT2D eigenvalue weighted by Gasteiger charge is -2.32. The summed E-state index contributed by atoms with van der Waals surface area (Å²) in [4.78, 5) is 2.72. The summed E-state index contributed by atoms with van der Waals surface area (Å²) >= 11 is 3.42. The molecular formula is C15H22BrNO2S. The first-order valence-electron chi connectivity index (χ1n) is 7.10. The zero-order valence-electron chi connectivity index (χ0n) is 12.3. The SMILES string of the molecule is CC1CCN(c2ccc(S(=O)(=O)C(C)C)c(Br)c2)CC1. The van der Waals surface area contributed by atoms with Crippen LogP contribution >= 0.6 is 15.9 Å². The fraction of sp³-hybridized carbons (Fsp3) is 0.600. The minimum absolute atomic E-state index is 0.390. The fourth-order valence-electron chi connectivity index (χ4n) is 2.44. The second-order valence-electron chi connectivity index (χ2n) is 5.88. The lowest BCUT2D eigenvalue weighted by atomic mass is 9.99. The van der Waals surface area contributed by atoms with Crippen LogP contribution in [-0.4, -0.2) is 26.8 Å². The van der Waals surface area contributed by atoms with Crippen molar-refractivity contribution in [2.45, 2.75) is 43.8 Å². The van der Waals surface area contributed by atoms with Crippen LogP contribution in [0, 0.1) is 5.92 Å². The van der Waals surface area contributed by atoms with E-state index in [0.717, 1.165) is 24.7 Å². The molecule has 0 atom stereocenters. The monoisotopic (exact) mass is 359 g/mol. The zero-order valence-corrected chi connectivity index (χ0v) is 14.7. The Morgan fingerprint density at radius 1 is 1.25 bits per heavy atom. The number of nitrogens with zero attached hydrogens (tertiary/aromatic N) is 1. The minimum Gasteiger partial charge on any atom is -0.371 e. The molecule has 112 valence electrons. The smallest absolute Gasteiger partial charge is 0.181 e. The Labute approximate surface area is 130 Å². The molecular weight excluding hydrogens is 338 g/mol. The third-order valence-electron chi connectivity index (χ3n) is 3.99. The quantitative estimate of drug-likeness (QED) is 0.821. The molecule has 0 bridgehead atoms. The lowest BCUT2D eigenvalue weighted by Crippen LogP contribution is -2.32. The molecule has 1 fully saturated rings. The molecule has 1 aromatic carbocycles. The number of hydrogen-bond acceptors (Lipinski definition) is 3. The van der Waals surface area contributed by atoms with Crippen molar-refractivity contribution in [2.75, 3.05) is 18.0 Å². The van der Waals surface area contributed by atoms with E-state index in [1.807, 2.05) is 12.1 Å². The van der Waals surface area contributed by atoms with E-state index in [9.17, 15) is 8.42 Å². The summed E-state index contributed by atoms with van der Waals surface area (Å²) in [5.41, 5.74) is 1.10. The van der Waals surface area contributed by atoms with Crippen molar-refractivity contribution >= 4 is 31.5 Å². The van der Waals surface area contributed by atoms with Crippen LogP contribution in [0.15, 0.2) is 27.6 Å². The Hall–Kier alpha value is -0.550. The van der Waals surface area contributed by atoms with E-state index in [1.165, 1.54) is 12.8 Å². The summed E-state index contributed by atoms with van der Waals surface area (Å²) in [6.45, 7) is 7.79. The first-order chi connectivity index (χ1) is 9.32. The van der Waals surface area contributed by atoms with Crippen LogP contribution in [-0.2, 0) is 9.84 Å². The molecule has 1 aliphatic rings. The Morgan fingerprint density at radius 2 is 1.85 bits per heavy atom. The standard InChI is InChI=1S/C15H22BrNO2S/c1-11(2)20(18,19)15-5-4-13(10-14(15)16)17-8-6-12(3)7-9-17/h4-5,10-12H,6-9H2,1-3H3. The van der Waals surface area contributed by atoms with Crippen molar-refractivity contribution in [3.05, 3.63) is 22.7 Å². The number of sulfone groups is 1. The van der Waals surface area contributed by atoms with E-state index in [1.54, 1.807) is 19.9 Å². The van der Waals surface area contributed by atoms with Gasteiger partial charge >= 0.3 is 0 Å². The second-order valence-corrected chi connectivity index (χ2v) is 9.21. The molecule has 0 N–H and O–H groups in total. The molecule has 0 spiro atoms. The van der Waals surface area contributed by atoms with Crippen LogP contribution in [0.5, 0.6) is 0 Å². The number of rotatable bonds is 3. The summed E-state index contributed by atoms with van der Waals surface area (Å²) in [6.07, 6.45) is 2.40. The lowest BCUT2D eigenvalue weighted by molar-refractivity contribution is 0.438. The molecule has 1 heterocycles. The number of hydrogen-bond donors (Lipinski definition) is 0. The van der Waals surface area contributed by atoms with E-state index in [0.29, 0.717) is 9.37 Å². The van der Waals surface area contributed by atoms with Crippen molar-refractivity contribution in [3.63, 3.8) is 0 Å². The van der Waals surface area contributed by atoms with Gasteiger partial charge in [-0.25, -0.2) is 8.42 Å². The molecule has 0 unspecified atom stereocenters. The maximum absolute atomic E-state index is 12.2. The van der Waals surface area contributed by atoms with Gasteiger partial charge in [0.25, 0.3) is 0 Å². The normalized spacial score (nSPS) is 17.8. The highest BCUT2D eigenvalue weighted by Crippen LogP contribution is 2.31. The number of piperidine rings is 1. The van der Waals surface area contributed by atoms with Crippen molar-refractivity contribution in [1.82, 2.24) is 0 Å². The molecule has 0 radical (unpaired) electrons. The van der Waals surface area contributed by atoms with Crippen molar-refractivity contribution in [1.29, 1.82) is 0 Å². The average molecular weight is 360 g/mol. The van der Waals surface area contributed by atoms with Crippen LogP contribution in [0.4, 0.5) is 5.69 Å². The Bertz CT molecular complexity index is 576. The predicted octanol–water partition coefficient (Wildman–Crippen LogP) is 3.87. The Morgan fingerprint density at radius 3 is 2.35 bits per heavy atom. The first kappa shape index (κ1) is 15.8. The van der Waals surface area contributed by atoms with Crippen molar-refractivity contribution in [3.8, 4) is 0 Å². The van der Waals surface area contributed by atoms with Gasteiger partial charge in [0.05, 0.1) is 10.1 Å². The molecule has 3 nitrogen and oxygen atoms in total. The van der Waals surface area contributed by atoms with E-state index in [2.05, 4.69) is 27.8 Å². The van der Waals surface area contributed by atoms with Gasteiger partial charge in [0.15, 0.2) is 9.84 Å². The van der Waals surface area contributed by atoms with Crippen LogP contribution in [0.2, 0.25) is 0 Å². The molecule has 1 aliphatic heterocycles. The van der Waals surface area contributed by atoms with Crippen LogP contribution in [0.1, 0.15) is 33.6 Å². The van der Waals surface area contributed by atoms with Crippen LogP contribution in [0.3, 0.4) is 0 Å². The summed E-state index contributed by atoms with van der Waals surface area (Å²) in [6, 6.07) is 5.59. The number of benzene rings is 1. The molecule has 0 saturated carbocycles. The fourth-order valence-corrected chi connectivity index (χ4v) is 4.58. The van der Waals surface area contributed by atoms with Gasteiger partial charge in [0.1, 0.15) is 0 Å². The first-order valence-corrected chi connectivity index (χ1v) is 9.44. The molecule has 5 heteroatoms. The molecule has 1 aromatic rings. The van der Waals surface area contributed by atoms with Gasteiger partial charge in [-0.05, 0) is 66.7 Å². The highest BCUT2D eigenvalue weighted by Gasteiger charge is 2.23. The zero-order chi connectivity index (χ0) is 14.9. The predicted molar refractivity (Wildman–Crippen MR) is 87.1 cm³/mol. The third-order valence-corrected chi connectivity index (χ3v) is 7.12. The van der Waals surface area contributed by atoms with Crippen LogP contribution in [0.25, 0.3) is 0 Å². The largest absolute Gasteiger partial charge is 0.371 e. The maximum atomic E-state index is 12.2. The molecule has 0 amide bonds. The minimum atomic E-state index is -3.23. The Kier molecular flexibility index (Phi) is 4.80. The van der Waals surface area contributed by atoms with Crippen LogP contribution < -0.4 is 4.90 Å². The summed E-state index contributed by atoms with van der Waals surface area (Å²) in [7, 11) is -3.23. The van der Waals surface area contributed by atoms with Gasteiger partial charge in [0.2, 0.25) is 0 Å². The molecule has 20 heavy (non-hydrogen) atoms. The third kappa shape index (κ3) is 3.19. The summed E-state index contributed by atoms with van der Waals surface area (Å²) in [5, 5.41) is -0.402. The average Bonchev–Trinajstić information content (AvgIpc) is 2.39. The van der Waals surface area contributed by atoms with Gasteiger partial charge in [-0.1, -0.05) is 6.92 Å². The topological polar surface area (TPSA) is 37.4 Å². The summed E-state index contributed by atoms with van der Waals surface area (Å²) < 4.78 is 25.1. The summed E-state index contributed by atoms with van der Waals surface area (Å²) in [5.74, 6) is 0.787. The van der Waals surface area contributed by atoms with Crippen molar-refractivity contribution < 1.29 is 8.42 Å². The Balaban J connectivity index is 2.27. The maximum Gasteiger partial charge on any atom is 0.181 e. The number of halogens is 1. The molecule has 2 rings (SSSR count). The molecule has 0 aliphatic carbocycles. The second kappa shape index (κ2) is 6.06. The van der Waals surface area contributed by atoms with Gasteiger partial charge in [-0.2, -0.15) is 0 Å². The highest BCUT2D eigenvalue weighted by atomic mass is 79.9. The highest BCUT2D eigenvalue weighted by molar-refractivity contribution is 9.10. The number of anilines is 1. The molecule has 1 saturated heterocycles. The molecule has 0 aromatic heterocycles. The van der Waals surface area contributed by atoms with Crippen molar-refractivity contribution in [2.24, 2.45) is 5.92 Å². The van der Waals surface area contributed by atoms with Gasteiger partial charge in [0, 0.05) is 23.2 Å². The van der Waals surface area contributed by atoms with E-state index in [-0.39, 0.29) is 0 Å².